The molecule has 1 amide bonds. The number of ether oxygens (including phenoxy) is 1. The molecule has 146 valence electrons. The first kappa shape index (κ1) is 18.7. The SMILES string of the molecule is C=CC(=O)N1C[C@H](Oc2nc(Nc3cc(C)ns3)nc3[nH]cc(Cl)c23)C[C@@H]1C. The fourth-order valence-corrected chi connectivity index (χ4v) is 4.17. The number of hydrogen-bond acceptors (Lipinski definition) is 7. The van der Waals surface area contributed by atoms with Crippen LogP contribution in [-0.2, 0) is 4.79 Å². The Hall–Kier alpha value is -2.65. The third kappa shape index (κ3) is 3.55. The van der Waals surface area contributed by atoms with Crippen LogP contribution in [0.1, 0.15) is 19.0 Å². The summed E-state index contributed by atoms with van der Waals surface area (Å²) in [7, 11) is 0. The molecule has 0 saturated carbocycles. The van der Waals surface area contributed by atoms with Gasteiger partial charge < -0.3 is 19.9 Å². The molecule has 2 atom stereocenters. The molecule has 4 heterocycles. The number of aromatic nitrogens is 4. The Morgan fingerprint density at radius 3 is 3.07 bits per heavy atom. The number of carbonyl (C=O) groups is 1. The van der Waals surface area contributed by atoms with Crippen molar-refractivity contribution in [1.29, 1.82) is 0 Å². The molecule has 0 aliphatic carbocycles. The molecule has 4 rings (SSSR count). The summed E-state index contributed by atoms with van der Waals surface area (Å²) in [6, 6.07) is 1.98. The number of carbonyl (C=O) groups excluding carboxylic acids is 1. The van der Waals surface area contributed by atoms with Crippen LogP contribution in [-0.4, -0.2) is 48.8 Å². The fourth-order valence-electron chi connectivity index (χ4n) is 3.29. The lowest BCUT2D eigenvalue weighted by atomic mass is 10.2. The number of likely N-dealkylation sites (tertiary alicyclic amines) is 1. The number of amides is 1. The Balaban J connectivity index is 1.63. The smallest absolute Gasteiger partial charge is 0.246 e. The highest BCUT2D eigenvalue weighted by molar-refractivity contribution is 7.10. The van der Waals surface area contributed by atoms with Gasteiger partial charge in [0.25, 0.3) is 0 Å². The van der Waals surface area contributed by atoms with E-state index < -0.39 is 0 Å². The fraction of sp³-hybridized carbons (Fsp3) is 0.333. The second-order valence-electron chi connectivity index (χ2n) is 6.69. The first-order valence-electron chi connectivity index (χ1n) is 8.79. The molecule has 1 saturated heterocycles. The molecule has 1 aliphatic heterocycles. The van der Waals surface area contributed by atoms with Crippen molar-refractivity contribution in [2.75, 3.05) is 11.9 Å². The Bertz CT molecular complexity index is 1050. The van der Waals surface area contributed by atoms with Gasteiger partial charge in [-0.3, -0.25) is 4.79 Å². The van der Waals surface area contributed by atoms with Crippen LogP contribution in [0.3, 0.4) is 0 Å². The number of halogens is 1. The molecule has 1 aliphatic rings. The number of H-pyrrole nitrogens is 1. The second kappa shape index (κ2) is 7.40. The molecule has 0 bridgehead atoms. The molecule has 0 unspecified atom stereocenters. The summed E-state index contributed by atoms with van der Waals surface area (Å²) in [5.74, 6) is 0.661. The van der Waals surface area contributed by atoms with Crippen molar-refractivity contribution >= 4 is 51.0 Å². The number of hydrogen-bond donors (Lipinski definition) is 2. The highest BCUT2D eigenvalue weighted by Crippen LogP contribution is 2.33. The van der Waals surface area contributed by atoms with Gasteiger partial charge in [0.05, 0.1) is 22.6 Å². The first-order valence-corrected chi connectivity index (χ1v) is 9.94. The monoisotopic (exact) mass is 418 g/mol. The molecule has 0 aromatic carbocycles. The van der Waals surface area contributed by atoms with E-state index in [0.29, 0.717) is 40.8 Å². The number of fused-ring (bicyclic) bond motifs is 1. The third-order valence-electron chi connectivity index (χ3n) is 4.59. The van der Waals surface area contributed by atoms with Crippen molar-refractivity contribution < 1.29 is 9.53 Å². The van der Waals surface area contributed by atoms with Crippen LogP contribution in [0.2, 0.25) is 5.02 Å². The van der Waals surface area contributed by atoms with Crippen LogP contribution in [0.5, 0.6) is 5.88 Å². The number of aryl methyl sites for hydroxylation is 1. The summed E-state index contributed by atoms with van der Waals surface area (Å²) in [5, 5.41) is 5.08. The molecule has 1 fully saturated rings. The van der Waals surface area contributed by atoms with E-state index in [9.17, 15) is 4.79 Å². The second-order valence-corrected chi connectivity index (χ2v) is 7.90. The van der Waals surface area contributed by atoms with Crippen LogP contribution in [0.4, 0.5) is 10.9 Å². The van der Waals surface area contributed by atoms with Gasteiger partial charge in [0.1, 0.15) is 16.8 Å². The van der Waals surface area contributed by atoms with E-state index in [0.717, 1.165) is 10.7 Å². The van der Waals surface area contributed by atoms with Crippen LogP contribution in [0.25, 0.3) is 11.0 Å². The van der Waals surface area contributed by atoms with Gasteiger partial charge in [0, 0.05) is 18.7 Å². The average Bonchev–Trinajstić information content (AvgIpc) is 3.34. The predicted octanol–water partition coefficient (Wildman–Crippen LogP) is 3.67. The Morgan fingerprint density at radius 1 is 1.54 bits per heavy atom. The minimum atomic E-state index is -0.193. The quantitative estimate of drug-likeness (QED) is 0.613. The lowest BCUT2D eigenvalue weighted by Crippen LogP contribution is -2.33. The maximum Gasteiger partial charge on any atom is 0.246 e. The van der Waals surface area contributed by atoms with Crippen LogP contribution < -0.4 is 10.1 Å². The van der Waals surface area contributed by atoms with Gasteiger partial charge in [-0.25, -0.2) is 0 Å². The maximum absolute atomic E-state index is 12.0. The van der Waals surface area contributed by atoms with Crippen molar-refractivity contribution in [2.24, 2.45) is 0 Å². The first-order chi connectivity index (χ1) is 13.4. The number of nitrogens with one attached hydrogen (secondary N) is 2. The Morgan fingerprint density at radius 2 is 2.36 bits per heavy atom. The summed E-state index contributed by atoms with van der Waals surface area (Å²) in [6.45, 7) is 7.94. The van der Waals surface area contributed by atoms with Crippen molar-refractivity contribution in [3.63, 3.8) is 0 Å². The lowest BCUT2D eigenvalue weighted by Gasteiger charge is -2.19. The van der Waals surface area contributed by atoms with Crippen LogP contribution >= 0.6 is 23.1 Å². The summed E-state index contributed by atoms with van der Waals surface area (Å²) in [4.78, 5) is 25.8. The van der Waals surface area contributed by atoms with Gasteiger partial charge in [0.2, 0.25) is 17.7 Å². The van der Waals surface area contributed by atoms with Crippen LogP contribution in [0.15, 0.2) is 24.9 Å². The van der Waals surface area contributed by atoms with Gasteiger partial charge >= 0.3 is 0 Å². The van der Waals surface area contributed by atoms with Gasteiger partial charge in [-0.1, -0.05) is 18.2 Å². The zero-order chi connectivity index (χ0) is 19.8. The van der Waals surface area contributed by atoms with E-state index in [4.69, 9.17) is 16.3 Å². The number of aromatic amines is 1. The largest absolute Gasteiger partial charge is 0.472 e. The molecule has 8 nitrogen and oxygen atoms in total. The minimum absolute atomic E-state index is 0.0623. The van der Waals surface area contributed by atoms with Crippen molar-refractivity contribution in [1.82, 2.24) is 24.2 Å². The molecular weight excluding hydrogens is 400 g/mol. The highest BCUT2D eigenvalue weighted by Gasteiger charge is 2.33. The molecule has 3 aromatic heterocycles. The van der Waals surface area contributed by atoms with E-state index in [-0.39, 0.29) is 18.1 Å². The van der Waals surface area contributed by atoms with E-state index >= 15 is 0 Å². The van der Waals surface area contributed by atoms with Crippen molar-refractivity contribution in [3.8, 4) is 5.88 Å². The van der Waals surface area contributed by atoms with Crippen LogP contribution in [0, 0.1) is 6.92 Å². The molecule has 2 N–H and O–H groups in total. The van der Waals surface area contributed by atoms with Gasteiger partial charge in [-0.2, -0.15) is 14.3 Å². The average molecular weight is 419 g/mol. The number of anilines is 2. The van der Waals surface area contributed by atoms with E-state index in [2.05, 4.69) is 31.2 Å². The minimum Gasteiger partial charge on any atom is -0.472 e. The Kier molecular flexibility index (Phi) is 4.94. The normalized spacial score (nSPS) is 19.2. The van der Waals surface area contributed by atoms with E-state index in [1.54, 1.807) is 11.1 Å². The summed E-state index contributed by atoms with van der Waals surface area (Å²) < 4.78 is 10.4. The van der Waals surface area contributed by atoms with Gasteiger partial charge in [-0.05, 0) is 37.5 Å². The maximum atomic E-state index is 12.0. The molecular formula is C18H19ClN6O2S. The molecule has 10 heteroatoms. The van der Waals surface area contributed by atoms with Gasteiger partial charge in [0.15, 0.2) is 0 Å². The summed E-state index contributed by atoms with van der Waals surface area (Å²) >= 11 is 7.64. The van der Waals surface area contributed by atoms with E-state index in [1.807, 2.05) is 19.9 Å². The summed E-state index contributed by atoms with van der Waals surface area (Å²) in [5.41, 5.74) is 1.49. The Labute approximate surface area is 170 Å². The summed E-state index contributed by atoms with van der Waals surface area (Å²) in [6.07, 6.45) is 3.48. The third-order valence-corrected chi connectivity index (χ3v) is 5.68. The van der Waals surface area contributed by atoms with E-state index in [1.165, 1.54) is 17.6 Å². The topological polar surface area (TPSA) is 96.0 Å². The molecule has 0 radical (unpaired) electrons. The molecule has 3 aromatic rings. The zero-order valence-electron chi connectivity index (χ0n) is 15.4. The predicted molar refractivity (Wildman–Crippen MR) is 109 cm³/mol. The lowest BCUT2D eigenvalue weighted by molar-refractivity contribution is -0.126. The van der Waals surface area contributed by atoms with Crippen molar-refractivity contribution in [2.45, 2.75) is 32.4 Å². The molecule has 0 spiro atoms. The number of nitrogens with zero attached hydrogens (tertiary/aromatic N) is 4. The molecule has 28 heavy (non-hydrogen) atoms. The zero-order valence-corrected chi connectivity index (χ0v) is 17.0. The standard InChI is InChI=1S/C18H19ClN6O2S/c1-4-14(26)25-8-11(6-10(25)3)27-17-15-12(19)7-20-16(15)22-18(23-17)21-13-5-9(2)24-28-13/h4-5,7,10-11H,1,6,8H2,2-3H3,(H2,20,21,22,23)/t10-,11+/m0/s1. The highest BCUT2D eigenvalue weighted by atomic mass is 35.5. The van der Waals surface area contributed by atoms with Gasteiger partial charge in [-0.15, -0.1) is 0 Å². The van der Waals surface area contributed by atoms with Crippen molar-refractivity contribution in [3.05, 3.63) is 35.6 Å². The number of rotatable bonds is 5.